The van der Waals surface area contributed by atoms with Crippen molar-refractivity contribution < 1.29 is 0 Å². The van der Waals surface area contributed by atoms with Crippen LogP contribution in [-0.2, 0) is 0 Å². The summed E-state index contributed by atoms with van der Waals surface area (Å²) in [6.07, 6.45) is 1.25. The Morgan fingerprint density at radius 2 is 2.50 bits per heavy atom. The summed E-state index contributed by atoms with van der Waals surface area (Å²) >= 11 is 2.06. The maximum Gasteiger partial charge on any atom is 0.0555 e. The van der Waals surface area contributed by atoms with Gasteiger partial charge in [0.2, 0.25) is 0 Å². The smallest absolute Gasteiger partial charge is 0.0555 e. The van der Waals surface area contributed by atoms with E-state index < -0.39 is 0 Å². The van der Waals surface area contributed by atoms with Gasteiger partial charge in [-0.3, -0.25) is 4.90 Å². The molecule has 1 unspecified atom stereocenters. The molecule has 0 aromatic carbocycles. The molecular weight excluding hydrogens is 144 g/mol. The highest BCUT2D eigenvalue weighted by Crippen LogP contribution is 2.24. The highest BCUT2D eigenvalue weighted by Gasteiger charge is 2.21. The second-order valence-electron chi connectivity index (χ2n) is 2.56. The van der Waals surface area contributed by atoms with E-state index in [2.05, 4.69) is 23.6 Å². The number of rotatable bonds is 3. The van der Waals surface area contributed by atoms with Crippen molar-refractivity contribution in [3.05, 3.63) is 0 Å². The molecule has 1 atom stereocenters. The van der Waals surface area contributed by atoms with Crippen LogP contribution < -0.4 is 5.73 Å². The van der Waals surface area contributed by atoms with Gasteiger partial charge in [-0.15, -0.1) is 11.8 Å². The fourth-order valence-electron chi connectivity index (χ4n) is 1.35. The maximum atomic E-state index is 5.47. The standard InChI is InChI=1S/C7H16N2S/c1-2-7-9(4-3-8)5-6-10-7/h7H,2-6,8H2,1H3. The summed E-state index contributed by atoms with van der Waals surface area (Å²) in [6, 6.07) is 0. The average Bonchev–Trinajstić information content (AvgIpc) is 2.36. The second-order valence-corrected chi connectivity index (χ2v) is 3.84. The topological polar surface area (TPSA) is 29.3 Å². The predicted octanol–water partition coefficient (Wildman–Crippen LogP) is 0.730. The van der Waals surface area contributed by atoms with Crippen LogP contribution in [0.4, 0.5) is 0 Å². The van der Waals surface area contributed by atoms with Crippen molar-refractivity contribution >= 4 is 11.8 Å². The second kappa shape index (κ2) is 4.21. The first-order chi connectivity index (χ1) is 4.88. The van der Waals surface area contributed by atoms with E-state index in [9.17, 15) is 0 Å². The van der Waals surface area contributed by atoms with E-state index in [1.54, 1.807) is 0 Å². The normalized spacial score (nSPS) is 27.6. The zero-order valence-corrected chi connectivity index (χ0v) is 7.36. The fourth-order valence-corrected chi connectivity index (χ4v) is 2.62. The van der Waals surface area contributed by atoms with Gasteiger partial charge in [-0.25, -0.2) is 0 Å². The number of hydrogen-bond donors (Lipinski definition) is 1. The Kier molecular flexibility index (Phi) is 3.52. The minimum Gasteiger partial charge on any atom is -0.329 e. The highest BCUT2D eigenvalue weighted by molar-refractivity contribution is 8.00. The Balaban J connectivity index is 2.27. The minimum absolute atomic E-state index is 0.753. The van der Waals surface area contributed by atoms with E-state index in [1.165, 1.54) is 18.7 Å². The van der Waals surface area contributed by atoms with Crippen LogP contribution in [0.15, 0.2) is 0 Å². The number of nitrogens with zero attached hydrogens (tertiary/aromatic N) is 1. The summed E-state index contributed by atoms with van der Waals surface area (Å²) in [5.74, 6) is 1.29. The van der Waals surface area contributed by atoms with Crippen molar-refractivity contribution in [3.8, 4) is 0 Å². The van der Waals surface area contributed by atoms with E-state index >= 15 is 0 Å². The molecule has 1 rings (SSSR count). The van der Waals surface area contributed by atoms with Gasteiger partial charge in [0.1, 0.15) is 0 Å². The number of hydrogen-bond acceptors (Lipinski definition) is 3. The molecule has 0 spiro atoms. The van der Waals surface area contributed by atoms with Crippen LogP contribution in [-0.4, -0.2) is 35.7 Å². The first-order valence-electron chi connectivity index (χ1n) is 3.94. The van der Waals surface area contributed by atoms with Gasteiger partial charge in [-0.05, 0) is 6.42 Å². The van der Waals surface area contributed by atoms with E-state index in [0.29, 0.717) is 0 Å². The van der Waals surface area contributed by atoms with Gasteiger partial charge in [-0.1, -0.05) is 6.92 Å². The van der Waals surface area contributed by atoms with Crippen LogP contribution in [0.5, 0.6) is 0 Å². The Morgan fingerprint density at radius 3 is 3.10 bits per heavy atom. The van der Waals surface area contributed by atoms with Gasteiger partial charge in [0.05, 0.1) is 5.37 Å². The molecule has 2 N–H and O–H groups in total. The van der Waals surface area contributed by atoms with Crippen molar-refractivity contribution in [2.45, 2.75) is 18.7 Å². The Bertz CT molecular complexity index is 97.6. The zero-order valence-electron chi connectivity index (χ0n) is 6.55. The van der Waals surface area contributed by atoms with E-state index in [0.717, 1.165) is 18.5 Å². The van der Waals surface area contributed by atoms with Crippen molar-refractivity contribution in [2.75, 3.05) is 25.4 Å². The lowest BCUT2D eigenvalue weighted by Crippen LogP contribution is -2.32. The largest absolute Gasteiger partial charge is 0.329 e. The zero-order chi connectivity index (χ0) is 7.40. The summed E-state index contributed by atoms with van der Waals surface area (Å²) < 4.78 is 0. The molecule has 60 valence electrons. The molecule has 1 aliphatic rings. The molecule has 1 fully saturated rings. The van der Waals surface area contributed by atoms with Crippen molar-refractivity contribution in [3.63, 3.8) is 0 Å². The quantitative estimate of drug-likeness (QED) is 0.660. The minimum atomic E-state index is 0.753. The van der Waals surface area contributed by atoms with E-state index in [1.807, 2.05) is 0 Å². The third kappa shape index (κ3) is 1.87. The summed E-state index contributed by atoms with van der Waals surface area (Å²) in [5, 5.41) is 0.753. The van der Waals surface area contributed by atoms with Gasteiger partial charge in [0.25, 0.3) is 0 Å². The van der Waals surface area contributed by atoms with E-state index in [-0.39, 0.29) is 0 Å². The SMILES string of the molecule is CCC1SCCN1CCN. The molecule has 0 radical (unpaired) electrons. The molecule has 1 heterocycles. The predicted molar refractivity (Wildman–Crippen MR) is 47.2 cm³/mol. The van der Waals surface area contributed by atoms with Crippen LogP contribution in [0.2, 0.25) is 0 Å². The Labute approximate surface area is 67.1 Å². The van der Waals surface area contributed by atoms with Gasteiger partial charge in [0, 0.05) is 25.4 Å². The van der Waals surface area contributed by atoms with Gasteiger partial charge in [-0.2, -0.15) is 0 Å². The summed E-state index contributed by atoms with van der Waals surface area (Å²) in [7, 11) is 0. The van der Waals surface area contributed by atoms with Crippen LogP contribution >= 0.6 is 11.8 Å². The van der Waals surface area contributed by atoms with Crippen LogP contribution in [0.3, 0.4) is 0 Å². The third-order valence-electron chi connectivity index (χ3n) is 1.86. The molecule has 0 aromatic heterocycles. The lowest BCUT2D eigenvalue weighted by Gasteiger charge is -2.20. The molecule has 0 saturated carbocycles. The molecule has 2 nitrogen and oxygen atoms in total. The molecule has 0 aliphatic carbocycles. The van der Waals surface area contributed by atoms with Crippen molar-refractivity contribution in [1.82, 2.24) is 4.90 Å². The van der Waals surface area contributed by atoms with Crippen LogP contribution in [0.25, 0.3) is 0 Å². The molecule has 1 aliphatic heterocycles. The van der Waals surface area contributed by atoms with Crippen molar-refractivity contribution in [1.29, 1.82) is 0 Å². The van der Waals surface area contributed by atoms with E-state index in [4.69, 9.17) is 5.73 Å². The fraction of sp³-hybridized carbons (Fsp3) is 1.00. The molecular formula is C7H16N2S. The molecule has 1 saturated heterocycles. The first-order valence-corrected chi connectivity index (χ1v) is 4.99. The highest BCUT2D eigenvalue weighted by atomic mass is 32.2. The maximum absolute atomic E-state index is 5.47. The molecule has 0 bridgehead atoms. The summed E-state index contributed by atoms with van der Waals surface area (Å²) in [5.41, 5.74) is 5.47. The van der Waals surface area contributed by atoms with Crippen molar-refractivity contribution in [2.24, 2.45) is 5.73 Å². The Hall–Kier alpha value is 0.270. The van der Waals surface area contributed by atoms with Gasteiger partial charge < -0.3 is 5.73 Å². The summed E-state index contributed by atoms with van der Waals surface area (Å²) in [6.45, 7) is 5.36. The number of thioether (sulfide) groups is 1. The van der Waals surface area contributed by atoms with Gasteiger partial charge in [0.15, 0.2) is 0 Å². The monoisotopic (exact) mass is 160 g/mol. The molecule has 10 heavy (non-hydrogen) atoms. The summed E-state index contributed by atoms with van der Waals surface area (Å²) in [4.78, 5) is 2.48. The molecule has 0 aromatic rings. The first kappa shape index (κ1) is 8.37. The third-order valence-corrected chi connectivity index (χ3v) is 3.30. The van der Waals surface area contributed by atoms with Crippen LogP contribution in [0.1, 0.15) is 13.3 Å². The van der Waals surface area contributed by atoms with Gasteiger partial charge >= 0.3 is 0 Å². The number of nitrogens with two attached hydrogens (primary N) is 1. The average molecular weight is 160 g/mol. The lowest BCUT2D eigenvalue weighted by atomic mass is 10.4. The molecule has 3 heteroatoms. The van der Waals surface area contributed by atoms with Crippen LogP contribution in [0, 0.1) is 0 Å². The Morgan fingerprint density at radius 1 is 1.70 bits per heavy atom. The lowest BCUT2D eigenvalue weighted by molar-refractivity contribution is 0.290. The molecule has 0 amide bonds.